The number of aromatic nitrogens is 2. The van der Waals surface area contributed by atoms with Gasteiger partial charge in [-0.3, -0.25) is 4.79 Å². The van der Waals surface area contributed by atoms with Crippen LogP contribution < -0.4 is 15.1 Å². The van der Waals surface area contributed by atoms with Gasteiger partial charge in [-0.1, -0.05) is 13.3 Å². The largest absolute Gasteiger partial charge is 0.369 e. The molecular formula is C21H30N6O. The molecule has 0 radical (unpaired) electrons. The van der Waals surface area contributed by atoms with E-state index < -0.39 is 0 Å². The van der Waals surface area contributed by atoms with E-state index in [2.05, 4.69) is 51.2 Å². The van der Waals surface area contributed by atoms with E-state index in [4.69, 9.17) is 0 Å². The number of nitrogens with one attached hydrogen (secondary N) is 1. The van der Waals surface area contributed by atoms with Crippen LogP contribution in [-0.4, -0.2) is 67.6 Å². The highest BCUT2D eigenvalue weighted by Gasteiger charge is 2.15. The molecule has 0 spiro atoms. The van der Waals surface area contributed by atoms with Crippen LogP contribution in [0.3, 0.4) is 0 Å². The molecule has 1 saturated heterocycles. The van der Waals surface area contributed by atoms with Crippen molar-refractivity contribution in [3.8, 4) is 0 Å². The first-order valence-corrected chi connectivity index (χ1v) is 9.96. The molecule has 1 fully saturated rings. The molecule has 2 heterocycles. The molecule has 1 aromatic heterocycles. The predicted molar refractivity (Wildman–Crippen MR) is 114 cm³/mol. The third-order valence-electron chi connectivity index (χ3n) is 5.06. The first-order chi connectivity index (χ1) is 13.6. The smallest absolute Gasteiger partial charge is 0.274 e. The van der Waals surface area contributed by atoms with Crippen molar-refractivity contribution in [2.45, 2.75) is 19.8 Å². The summed E-state index contributed by atoms with van der Waals surface area (Å²) in [7, 11) is 4.10. The second kappa shape index (κ2) is 9.50. The Hall–Kier alpha value is -2.67. The summed E-state index contributed by atoms with van der Waals surface area (Å²) in [6, 6.07) is 9.66. The van der Waals surface area contributed by atoms with E-state index >= 15 is 0 Å². The van der Waals surface area contributed by atoms with Gasteiger partial charge in [0.2, 0.25) is 5.95 Å². The van der Waals surface area contributed by atoms with Crippen LogP contribution in [-0.2, 0) is 0 Å². The van der Waals surface area contributed by atoms with Gasteiger partial charge in [-0.2, -0.15) is 0 Å². The van der Waals surface area contributed by atoms with E-state index in [1.807, 2.05) is 24.1 Å². The van der Waals surface area contributed by atoms with Gasteiger partial charge in [0, 0.05) is 57.3 Å². The molecule has 0 atom stereocenters. The van der Waals surface area contributed by atoms with Crippen molar-refractivity contribution in [2.75, 3.05) is 61.9 Å². The molecule has 1 aliphatic heterocycles. The molecule has 150 valence electrons. The van der Waals surface area contributed by atoms with Gasteiger partial charge in [0.05, 0.1) is 0 Å². The number of piperazine rings is 1. The van der Waals surface area contributed by atoms with Crippen molar-refractivity contribution in [1.29, 1.82) is 0 Å². The molecule has 3 rings (SSSR count). The molecule has 1 N–H and O–H groups in total. The fourth-order valence-electron chi connectivity index (χ4n) is 3.17. The summed E-state index contributed by atoms with van der Waals surface area (Å²) in [6.45, 7) is 7.21. The number of hydrogen-bond donors (Lipinski definition) is 1. The average molecular weight is 383 g/mol. The highest BCUT2D eigenvalue weighted by Crippen LogP contribution is 2.20. The number of likely N-dealkylation sites (N-methyl/N-ethyl adjacent to an activating group) is 1. The van der Waals surface area contributed by atoms with Gasteiger partial charge in [-0.15, -0.1) is 0 Å². The van der Waals surface area contributed by atoms with Crippen LogP contribution in [0.15, 0.2) is 36.5 Å². The van der Waals surface area contributed by atoms with Crippen LogP contribution >= 0.6 is 0 Å². The van der Waals surface area contributed by atoms with Crippen molar-refractivity contribution in [2.24, 2.45) is 0 Å². The zero-order valence-electron chi connectivity index (χ0n) is 17.1. The maximum Gasteiger partial charge on any atom is 0.274 e. The normalized spacial score (nSPS) is 14.8. The van der Waals surface area contributed by atoms with E-state index in [0.29, 0.717) is 11.6 Å². The van der Waals surface area contributed by atoms with E-state index in [-0.39, 0.29) is 5.91 Å². The quantitative estimate of drug-likeness (QED) is 0.794. The Kier molecular flexibility index (Phi) is 6.81. The standard InChI is InChI=1S/C21H30N6O/c1-4-5-12-26(3)21-22-11-10-19(24-21)20(28)23-17-6-8-18(9-7-17)27-15-13-25(2)14-16-27/h6-11H,4-5,12-16H2,1-3H3,(H,23,28). The molecule has 7 nitrogen and oxygen atoms in total. The molecule has 0 bridgehead atoms. The van der Waals surface area contributed by atoms with Crippen molar-refractivity contribution < 1.29 is 4.79 Å². The van der Waals surface area contributed by atoms with Gasteiger partial charge in [-0.05, 0) is 43.8 Å². The van der Waals surface area contributed by atoms with Crippen molar-refractivity contribution in [1.82, 2.24) is 14.9 Å². The molecule has 0 saturated carbocycles. The van der Waals surface area contributed by atoms with Gasteiger partial charge >= 0.3 is 0 Å². The lowest BCUT2D eigenvalue weighted by molar-refractivity contribution is 0.102. The van der Waals surface area contributed by atoms with Crippen molar-refractivity contribution >= 4 is 23.2 Å². The zero-order chi connectivity index (χ0) is 19.9. The van der Waals surface area contributed by atoms with Crippen molar-refractivity contribution in [3.63, 3.8) is 0 Å². The minimum absolute atomic E-state index is 0.222. The van der Waals surface area contributed by atoms with Crippen LogP contribution in [0.4, 0.5) is 17.3 Å². The molecule has 0 aliphatic carbocycles. The number of rotatable bonds is 7. The summed E-state index contributed by atoms with van der Waals surface area (Å²) in [5.74, 6) is 0.353. The fraction of sp³-hybridized carbons (Fsp3) is 0.476. The SMILES string of the molecule is CCCCN(C)c1nccc(C(=O)Nc2ccc(N3CCN(C)CC3)cc2)n1. The number of carbonyl (C=O) groups excluding carboxylic acids is 1. The maximum absolute atomic E-state index is 12.6. The number of anilines is 3. The fourth-order valence-corrected chi connectivity index (χ4v) is 3.17. The second-order valence-electron chi connectivity index (χ2n) is 7.31. The molecule has 1 amide bonds. The molecule has 28 heavy (non-hydrogen) atoms. The van der Waals surface area contributed by atoms with E-state index in [0.717, 1.165) is 51.3 Å². The Morgan fingerprint density at radius 3 is 2.54 bits per heavy atom. The second-order valence-corrected chi connectivity index (χ2v) is 7.31. The number of carbonyl (C=O) groups is 1. The molecule has 7 heteroatoms. The van der Waals surface area contributed by atoms with Crippen LogP contribution in [0.25, 0.3) is 0 Å². The average Bonchev–Trinajstić information content (AvgIpc) is 2.73. The highest BCUT2D eigenvalue weighted by molar-refractivity contribution is 6.03. The first-order valence-electron chi connectivity index (χ1n) is 9.96. The molecular weight excluding hydrogens is 352 g/mol. The van der Waals surface area contributed by atoms with Crippen LogP contribution in [0.5, 0.6) is 0 Å². The highest BCUT2D eigenvalue weighted by atomic mass is 16.1. The molecule has 0 unspecified atom stereocenters. The summed E-state index contributed by atoms with van der Waals surface area (Å²) in [5.41, 5.74) is 2.33. The van der Waals surface area contributed by atoms with Crippen LogP contribution in [0.2, 0.25) is 0 Å². The zero-order valence-corrected chi connectivity index (χ0v) is 17.1. The lowest BCUT2D eigenvalue weighted by Gasteiger charge is -2.34. The number of nitrogens with zero attached hydrogens (tertiary/aromatic N) is 5. The molecule has 1 aromatic carbocycles. The topological polar surface area (TPSA) is 64.6 Å². The van der Waals surface area contributed by atoms with Gasteiger partial charge in [0.25, 0.3) is 5.91 Å². The van der Waals surface area contributed by atoms with Gasteiger partial charge in [-0.25, -0.2) is 9.97 Å². The minimum Gasteiger partial charge on any atom is -0.369 e. The Morgan fingerprint density at radius 1 is 1.14 bits per heavy atom. The Labute approximate surface area is 167 Å². The third kappa shape index (κ3) is 5.19. The third-order valence-corrected chi connectivity index (χ3v) is 5.06. The Balaban J connectivity index is 1.61. The number of unbranched alkanes of at least 4 members (excludes halogenated alkanes) is 1. The number of hydrogen-bond acceptors (Lipinski definition) is 6. The predicted octanol–water partition coefficient (Wildman–Crippen LogP) is 2.72. The van der Waals surface area contributed by atoms with Crippen LogP contribution in [0.1, 0.15) is 30.3 Å². The summed E-state index contributed by atoms with van der Waals surface area (Å²) < 4.78 is 0. The lowest BCUT2D eigenvalue weighted by atomic mass is 10.2. The molecule has 1 aliphatic rings. The van der Waals surface area contributed by atoms with Gasteiger partial charge in [0.15, 0.2) is 0 Å². The minimum atomic E-state index is -0.222. The van der Waals surface area contributed by atoms with E-state index in [1.165, 1.54) is 5.69 Å². The Morgan fingerprint density at radius 2 is 1.86 bits per heavy atom. The monoisotopic (exact) mass is 382 g/mol. The van der Waals surface area contributed by atoms with Crippen molar-refractivity contribution in [3.05, 3.63) is 42.2 Å². The lowest BCUT2D eigenvalue weighted by Crippen LogP contribution is -2.44. The van der Waals surface area contributed by atoms with Gasteiger partial charge in [0.1, 0.15) is 5.69 Å². The Bertz CT molecular complexity index is 771. The summed E-state index contributed by atoms with van der Waals surface area (Å²) >= 11 is 0. The van der Waals surface area contributed by atoms with E-state index in [1.54, 1.807) is 12.3 Å². The van der Waals surface area contributed by atoms with Crippen LogP contribution in [0, 0.1) is 0 Å². The summed E-state index contributed by atoms with van der Waals surface area (Å²) in [4.78, 5) is 28.0. The van der Waals surface area contributed by atoms with Gasteiger partial charge < -0.3 is 20.0 Å². The molecule has 2 aromatic rings. The number of amides is 1. The van der Waals surface area contributed by atoms with E-state index in [9.17, 15) is 4.79 Å². The summed E-state index contributed by atoms with van der Waals surface area (Å²) in [5, 5.41) is 2.93. The maximum atomic E-state index is 12.6. The first kappa shape index (κ1) is 20.1. The summed E-state index contributed by atoms with van der Waals surface area (Å²) in [6.07, 6.45) is 3.81. The number of benzene rings is 1.